The van der Waals surface area contributed by atoms with Crippen molar-refractivity contribution in [3.8, 4) is 0 Å². The first-order valence-electron chi connectivity index (χ1n) is 31.5. The highest BCUT2D eigenvalue weighted by molar-refractivity contribution is 5.80. The average molecular weight is 1040 g/mol. The number of unbranched alkanes of at least 4 members (excludes halogenated alkanes) is 40. The summed E-state index contributed by atoms with van der Waals surface area (Å²) < 4.78 is 17.6. The second kappa shape index (κ2) is 51.2. The maximum atomic E-state index is 13.4. The number of carbonyl (C=O) groups is 2. The molecule has 1 fully saturated rings. The lowest BCUT2D eigenvalue weighted by molar-refractivity contribution is -0.305. The van der Waals surface area contributed by atoms with Crippen LogP contribution in [0.2, 0.25) is 0 Å². The van der Waals surface area contributed by atoms with Crippen LogP contribution < -0.4 is 5.32 Å². The van der Waals surface area contributed by atoms with Crippen LogP contribution in [0.5, 0.6) is 0 Å². The number of hydrogen-bond acceptors (Lipinski definition) is 10. The summed E-state index contributed by atoms with van der Waals surface area (Å²) in [6.45, 7) is 5.82. The minimum Gasteiger partial charge on any atom is -0.454 e. The molecule has 0 aliphatic carbocycles. The fourth-order valence-corrected chi connectivity index (χ4v) is 10.2. The minimum atomic E-state index is -1.61. The number of hydrogen-bond donors (Lipinski definition) is 6. The molecule has 1 aliphatic heterocycles. The monoisotopic (exact) mass is 1040 g/mol. The zero-order chi connectivity index (χ0) is 53.3. The molecule has 8 atom stereocenters. The number of carbonyl (C=O) groups excluding carboxylic acids is 2. The third kappa shape index (κ3) is 39.4. The van der Waals surface area contributed by atoms with Gasteiger partial charge in [0.05, 0.1) is 25.4 Å². The van der Waals surface area contributed by atoms with Crippen LogP contribution in [-0.4, -0.2) is 99.6 Å². The van der Waals surface area contributed by atoms with Crippen LogP contribution in [0.3, 0.4) is 0 Å². The summed E-state index contributed by atoms with van der Waals surface area (Å²) in [6.07, 6.45) is 46.8. The van der Waals surface area contributed by atoms with Crippen molar-refractivity contribution in [1.29, 1.82) is 0 Å². The molecule has 0 aromatic rings. The van der Waals surface area contributed by atoms with Gasteiger partial charge in [0.1, 0.15) is 24.4 Å². The number of nitrogens with one attached hydrogen (secondary N) is 1. The number of rotatable bonds is 54. The summed E-state index contributed by atoms with van der Waals surface area (Å²) >= 11 is 0. The molecular formula is C62H119NO10. The van der Waals surface area contributed by atoms with Gasteiger partial charge in [0.2, 0.25) is 5.91 Å². The van der Waals surface area contributed by atoms with Crippen molar-refractivity contribution in [2.24, 2.45) is 0 Å². The third-order valence-electron chi connectivity index (χ3n) is 15.2. The van der Waals surface area contributed by atoms with E-state index in [1.54, 1.807) is 6.08 Å². The molecule has 0 aromatic heterocycles. The van der Waals surface area contributed by atoms with E-state index in [2.05, 4.69) is 26.1 Å². The molecule has 1 aliphatic rings. The zero-order valence-electron chi connectivity index (χ0n) is 47.8. The molecule has 1 heterocycles. The van der Waals surface area contributed by atoms with Gasteiger partial charge in [-0.15, -0.1) is 0 Å². The summed E-state index contributed by atoms with van der Waals surface area (Å²) in [7, 11) is 0. The van der Waals surface area contributed by atoms with Gasteiger partial charge < -0.3 is 45.1 Å². The van der Waals surface area contributed by atoms with E-state index in [1.165, 1.54) is 205 Å². The van der Waals surface area contributed by atoms with Crippen molar-refractivity contribution >= 4 is 11.9 Å². The third-order valence-corrected chi connectivity index (χ3v) is 15.2. The predicted molar refractivity (Wildman–Crippen MR) is 301 cm³/mol. The second-order valence-electron chi connectivity index (χ2n) is 22.2. The molecule has 0 aromatic carbocycles. The second-order valence-corrected chi connectivity index (χ2v) is 22.2. The lowest BCUT2D eigenvalue weighted by Gasteiger charge is -2.41. The highest BCUT2D eigenvalue weighted by atomic mass is 16.7. The quantitative estimate of drug-likeness (QED) is 0.0195. The minimum absolute atomic E-state index is 0.131. The molecule has 8 unspecified atom stereocenters. The fourth-order valence-electron chi connectivity index (χ4n) is 10.2. The molecule has 1 saturated heterocycles. The highest BCUT2D eigenvalue weighted by Gasteiger charge is 2.47. The smallest absolute Gasteiger partial charge is 0.306 e. The van der Waals surface area contributed by atoms with E-state index in [4.69, 9.17) is 14.2 Å². The van der Waals surface area contributed by atoms with Gasteiger partial charge in [-0.3, -0.25) is 9.59 Å². The summed E-state index contributed by atoms with van der Waals surface area (Å²) in [4.78, 5) is 26.5. The van der Waals surface area contributed by atoms with Crippen molar-refractivity contribution < 1.29 is 49.3 Å². The van der Waals surface area contributed by atoms with Crippen LogP contribution >= 0.6 is 0 Å². The predicted octanol–water partition coefficient (Wildman–Crippen LogP) is 14.7. The maximum absolute atomic E-state index is 13.4. The lowest BCUT2D eigenvalue weighted by atomic mass is 9.99. The topological polar surface area (TPSA) is 175 Å². The Morgan fingerprint density at radius 2 is 0.890 bits per heavy atom. The first-order valence-corrected chi connectivity index (χ1v) is 31.5. The van der Waals surface area contributed by atoms with E-state index in [9.17, 15) is 35.1 Å². The molecule has 73 heavy (non-hydrogen) atoms. The Kier molecular flexibility index (Phi) is 48.7. The van der Waals surface area contributed by atoms with Crippen LogP contribution in [0.1, 0.15) is 310 Å². The average Bonchev–Trinajstić information content (AvgIpc) is 3.39. The summed E-state index contributed by atoms with van der Waals surface area (Å²) in [5.41, 5.74) is 0. The van der Waals surface area contributed by atoms with E-state index in [0.717, 1.165) is 57.8 Å². The molecular weight excluding hydrogens is 919 g/mol. The summed E-state index contributed by atoms with van der Waals surface area (Å²) in [5.74, 6) is -1.18. The van der Waals surface area contributed by atoms with Crippen LogP contribution in [0.4, 0.5) is 0 Å². The number of esters is 1. The Labute approximate surface area is 448 Å². The SMILES string of the molecule is CCCCCCCCCCCCC/C=C/C(O)C(COC1OC(CO)C(O)C(O)C1OC(=O)CCCCCCCCCCCCCCC)NC(=O)C(O)CCCCCCCCCCCCCCCCCCCC. The molecule has 0 radical (unpaired) electrons. The largest absolute Gasteiger partial charge is 0.454 e. The van der Waals surface area contributed by atoms with E-state index in [1.807, 2.05) is 6.08 Å². The Hall–Kier alpha value is -1.60. The molecule has 0 spiro atoms. The van der Waals surface area contributed by atoms with E-state index in [-0.39, 0.29) is 13.0 Å². The van der Waals surface area contributed by atoms with Crippen LogP contribution in [0, 0.1) is 0 Å². The first-order chi connectivity index (χ1) is 35.7. The number of aliphatic hydroxyl groups is 5. The van der Waals surface area contributed by atoms with Crippen molar-refractivity contribution in [2.75, 3.05) is 13.2 Å². The zero-order valence-corrected chi connectivity index (χ0v) is 47.8. The highest BCUT2D eigenvalue weighted by Crippen LogP contribution is 2.26. The molecule has 6 N–H and O–H groups in total. The van der Waals surface area contributed by atoms with Crippen LogP contribution in [0.25, 0.3) is 0 Å². The number of aliphatic hydroxyl groups excluding tert-OH is 5. The van der Waals surface area contributed by atoms with Gasteiger partial charge in [-0.2, -0.15) is 0 Å². The molecule has 1 amide bonds. The van der Waals surface area contributed by atoms with E-state index in [0.29, 0.717) is 19.3 Å². The maximum Gasteiger partial charge on any atom is 0.306 e. The van der Waals surface area contributed by atoms with Crippen molar-refractivity contribution in [3.05, 3.63) is 12.2 Å². The van der Waals surface area contributed by atoms with E-state index < -0.39 is 67.4 Å². The standard InChI is InChI=1S/C62H119NO10/c1-4-7-10-13-16-19-22-25-26-27-28-29-32-34-37-40-43-46-49-55(66)61(70)63-53(54(65)48-45-42-39-36-33-30-23-20-17-14-11-8-5-2)52-71-62-60(59(69)58(68)56(51-64)72-62)73-57(67)50-47-44-41-38-35-31-24-21-18-15-12-9-6-3/h45,48,53-56,58-60,62,64-66,68-69H,4-44,46-47,49-52H2,1-3H3,(H,63,70)/b48-45+. The number of allylic oxidation sites excluding steroid dienone is 1. The Bertz CT molecular complexity index is 1240. The molecule has 1 rings (SSSR count). The van der Waals surface area contributed by atoms with Gasteiger partial charge >= 0.3 is 5.97 Å². The van der Waals surface area contributed by atoms with Crippen molar-refractivity contribution in [3.63, 3.8) is 0 Å². The normalized spacial score (nSPS) is 19.4. The summed E-state index contributed by atoms with van der Waals surface area (Å²) in [5, 5.41) is 57.0. The van der Waals surface area contributed by atoms with Gasteiger partial charge in [-0.25, -0.2) is 0 Å². The molecule has 0 bridgehead atoms. The van der Waals surface area contributed by atoms with Crippen LogP contribution in [-0.2, 0) is 23.8 Å². The Balaban J connectivity index is 2.67. The molecule has 11 nitrogen and oxygen atoms in total. The van der Waals surface area contributed by atoms with Crippen LogP contribution in [0.15, 0.2) is 12.2 Å². The van der Waals surface area contributed by atoms with E-state index >= 15 is 0 Å². The lowest BCUT2D eigenvalue weighted by Crippen LogP contribution is -2.61. The Morgan fingerprint density at radius 1 is 0.521 bits per heavy atom. The van der Waals surface area contributed by atoms with Gasteiger partial charge in [0.15, 0.2) is 12.4 Å². The number of ether oxygens (including phenoxy) is 3. The van der Waals surface area contributed by atoms with Gasteiger partial charge in [0, 0.05) is 6.42 Å². The van der Waals surface area contributed by atoms with Crippen molar-refractivity contribution in [2.45, 2.75) is 359 Å². The fraction of sp³-hybridized carbons (Fsp3) is 0.935. The van der Waals surface area contributed by atoms with Gasteiger partial charge in [-0.05, 0) is 25.7 Å². The van der Waals surface area contributed by atoms with Gasteiger partial charge in [-0.1, -0.05) is 290 Å². The first kappa shape index (κ1) is 69.4. The Morgan fingerprint density at radius 3 is 1.29 bits per heavy atom. The summed E-state index contributed by atoms with van der Waals surface area (Å²) in [6, 6.07) is -1.02. The molecule has 0 saturated carbocycles. The van der Waals surface area contributed by atoms with Crippen molar-refractivity contribution in [1.82, 2.24) is 5.32 Å². The number of amides is 1. The molecule has 11 heteroatoms. The van der Waals surface area contributed by atoms with Gasteiger partial charge in [0.25, 0.3) is 0 Å². The molecule has 432 valence electrons.